The van der Waals surface area contributed by atoms with E-state index in [4.69, 9.17) is 4.74 Å². The van der Waals surface area contributed by atoms with Crippen LogP contribution < -0.4 is 5.32 Å². The molecule has 0 spiro atoms. The molecule has 0 bridgehead atoms. The molecule has 1 fully saturated rings. The number of carboxylic acids is 1. The maximum absolute atomic E-state index is 11.2. The molecule has 0 saturated carbocycles. The van der Waals surface area contributed by atoms with Gasteiger partial charge in [0.2, 0.25) is 0 Å². The van der Waals surface area contributed by atoms with Crippen molar-refractivity contribution in [1.29, 1.82) is 0 Å². The second kappa shape index (κ2) is 11.5. The number of benzene rings is 2. The minimum Gasteiger partial charge on any atom is -0.481 e. The lowest BCUT2D eigenvalue weighted by atomic mass is 9.85. The summed E-state index contributed by atoms with van der Waals surface area (Å²) in [6.07, 6.45) is 3.76. The number of halogens is 1. The molecule has 6 heteroatoms. The third-order valence-electron chi connectivity index (χ3n) is 6.47. The number of likely N-dealkylation sites (tertiary alicyclic amines) is 1. The van der Waals surface area contributed by atoms with Crippen LogP contribution in [0.5, 0.6) is 0 Å². The molecule has 1 saturated heterocycles. The van der Waals surface area contributed by atoms with Crippen LogP contribution in [0.4, 0.5) is 5.69 Å². The molecule has 2 N–H and O–H groups in total. The number of aliphatic carboxylic acids is 1. The summed E-state index contributed by atoms with van der Waals surface area (Å²) in [5, 5.41) is 12.9. The summed E-state index contributed by atoms with van der Waals surface area (Å²) < 4.78 is 6.00. The van der Waals surface area contributed by atoms with Crippen molar-refractivity contribution in [2.75, 3.05) is 38.2 Å². The lowest BCUT2D eigenvalue weighted by Gasteiger charge is -2.30. The molecule has 2 aromatic rings. The number of hydrogen-bond donors (Lipinski definition) is 2. The monoisotopic (exact) mass is 444 g/mol. The average Bonchev–Trinajstić information content (AvgIpc) is 2.76. The number of hydrogen-bond acceptors (Lipinski definition) is 4. The Balaban J connectivity index is 0.00000272. The van der Waals surface area contributed by atoms with Gasteiger partial charge in [0.05, 0.1) is 12.5 Å². The molecule has 2 aromatic carbocycles. The molecule has 31 heavy (non-hydrogen) atoms. The van der Waals surface area contributed by atoms with Crippen molar-refractivity contribution in [3.63, 3.8) is 0 Å². The Morgan fingerprint density at radius 2 is 1.87 bits per heavy atom. The summed E-state index contributed by atoms with van der Waals surface area (Å²) in [5.41, 5.74) is 5.38. The van der Waals surface area contributed by atoms with Crippen molar-refractivity contribution in [1.82, 2.24) is 4.90 Å². The van der Waals surface area contributed by atoms with Gasteiger partial charge in [-0.1, -0.05) is 42.5 Å². The molecule has 0 aliphatic carbocycles. The molecule has 2 aliphatic heterocycles. The number of anilines is 1. The number of ether oxygens (including phenoxy) is 1. The zero-order chi connectivity index (χ0) is 20.8. The number of nitrogens with zero attached hydrogens (tertiary/aromatic N) is 1. The highest BCUT2D eigenvalue weighted by molar-refractivity contribution is 5.85. The van der Waals surface area contributed by atoms with Gasteiger partial charge in [-0.15, -0.1) is 12.4 Å². The van der Waals surface area contributed by atoms with E-state index in [2.05, 4.69) is 58.7 Å². The van der Waals surface area contributed by atoms with Crippen molar-refractivity contribution in [3.05, 3.63) is 65.2 Å². The van der Waals surface area contributed by atoms with Gasteiger partial charge in [0.25, 0.3) is 0 Å². The minimum absolute atomic E-state index is 0. The van der Waals surface area contributed by atoms with Crippen LogP contribution in [0.2, 0.25) is 0 Å². The third-order valence-corrected chi connectivity index (χ3v) is 6.47. The molecule has 0 radical (unpaired) electrons. The van der Waals surface area contributed by atoms with Crippen molar-refractivity contribution in [3.8, 4) is 0 Å². The van der Waals surface area contributed by atoms with E-state index >= 15 is 0 Å². The molecule has 5 nitrogen and oxygen atoms in total. The van der Waals surface area contributed by atoms with Crippen LogP contribution in [0.1, 0.15) is 41.9 Å². The minimum atomic E-state index is -0.669. The number of fused-ring (bicyclic) bond motifs is 2. The van der Waals surface area contributed by atoms with Crippen molar-refractivity contribution in [2.45, 2.75) is 38.1 Å². The van der Waals surface area contributed by atoms with Gasteiger partial charge in [-0.25, -0.2) is 0 Å². The molecular weight excluding hydrogens is 412 g/mol. The van der Waals surface area contributed by atoms with Crippen LogP contribution in [-0.2, 0) is 22.5 Å². The predicted molar refractivity (Wildman–Crippen MR) is 126 cm³/mol. The van der Waals surface area contributed by atoms with Crippen LogP contribution >= 0.6 is 12.4 Å². The second-order valence-electron chi connectivity index (χ2n) is 8.49. The maximum atomic E-state index is 11.2. The van der Waals surface area contributed by atoms with Gasteiger partial charge in [-0.3, -0.25) is 4.79 Å². The highest BCUT2D eigenvalue weighted by Gasteiger charge is 2.25. The second-order valence-corrected chi connectivity index (χ2v) is 8.49. The van der Waals surface area contributed by atoms with Crippen molar-refractivity contribution in [2.24, 2.45) is 5.92 Å². The first-order valence-electron chi connectivity index (χ1n) is 11.1. The van der Waals surface area contributed by atoms with Crippen LogP contribution in [0.15, 0.2) is 48.5 Å². The topological polar surface area (TPSA) is 61.8 Å². The number of para-hydroxylation sites is 1. The standard InChI is InChI=1S/C25H32N2O3.ClH/c28-25(29)22-8-5-12-27(18-22)13-15-30-14-11-20-16-19-6-1-2-7-21(19)17-26-24-10-4-3-9-23(20)24;/h1-4,6-7,9-10,20,22,26H,5,8,11-18H2,(H,28,29);1H/t20?,22-;/m1./s1. The molecular formula is C25H33ClN2O3. The number of piperidine rings is 1. The van der Waals surface area contributed by atoms with E-state index in [-0.39, 0.29) is 18.3 Å². The fourth-order valence-corrected chi connectivity index (χ4v) is 4.75. The first-order chi connectivity index (χ1) is 14.7. The summed E-state index contributed by atoms with van der Waals surface area (Å²) in [5.74, 6) is -0.475. The lowest BCUT2D eigenvalue weighted by Crippen LogP contribution is -2.40. The van der Waals surface area contributed by atoms with Gasteiger partial charge < -0.3 is 20.1 Å². The Kier molecular flexibility index (Phi) is 8.76. The quantitative estimate of drug-likeness (QED) is 0.613. The van der Waals surface area contributed by atoms with Gasteiger partial charge >= 0.3 is 5.97 Å². The van der Waals surface area contributed by atoms with Crippen LogP contribution in [0, 0.1) is 5.92 Å². The summed E-state index contributed by atoms with van der Waals surface area (Å²) in [6, 6.07) is 17.3. The van der Waals surface area contributed by atoms with Gasteiger partial charge in [-0.2, -0.15) is 0 Å². The van der Waals surface area contributed by atoms with E-state index in [1.54, 1.807) is 0 Å². The Morgan fingerprint density at radius 1 is 1.10 bits per heavy atom. The van der Waals surface area contributed by atoms with E-state index in [0.29, 0.717) is 19.1 Å². The fraction of sp³-hybridized carbons (Fsp3) is 0.480. The SMILES string of the molecule is Cl.O=C(O)[C@@H]1CCCN(CCOCCC2Cc3ccccc3CNc3ccccc32)C1. The molecule has 0 amide bonds. The van der Waals surface area contributed by atoms with Crippen molar-refractivity contribution >= 4 is 24.1 Å². The lowest BCUT2D eigenvalue weighted by molar-refractivity contribution is -0.143. The first-order valence-corrected chi connectivity index (χ1v) is 11.1. The third kappa shape index (κ3) is 6.22. The van der Waals surface area contributed by atoms with E-state index in [1.807, 2.05) is 0 Å². The number of carbonyl (C=O) groups is 1. The maximum Gasteiger partial charge on any atom is 0.307 e. The zero-order valence-electron chi connectivity index (χ0n) is 18.0. The highest BCUT2D eigenvalue weighted by atomic mass is 35.5. The fourth-order valence-electron chi connectivity index (χ4n) is 4.75. The van der Waals surface area contributed by atoms with Crippen LogP contribution in [0.25, 0.3) is 0 Å². The van der Waals surface area contributed by atoms with E-state index < -0.39 is 5.97 Å². The largest absolute Gasteiger partial charge is 0.481 e. The van der Waals surface area contributed by atoms with Gasteiger partial charge in [-0.05, 0) is 60.9 Å². The summed E-state index contributed by atoms with van der Waals surface area (Å²) in [7, 11) is 0. The van der Waals surface area contributed by atoms with Gasteiger partial charge in [0.15, 0.2) is 0 Å². The van der Waals surface area contributed by atoms with Gasteiger partial charge in [0, 0.05) is 31.9 Å². The Labute approximate surface area is 191 Å². The zero-order valence-corrected chi connectivity index (χ0v) is 18.8. The Morgan fingerprint density at radius 3 is 2.71 bits per heavy atom. The molecule has 2 heterocycles. The normalized spacial score (nSPS) is 20.9. The summed E-state index contributed by atoms with van der Waals surface area (Å²) in [6.45, 7) is 4.69. The smallest absolute Gasteiger partial charge is 0.307 e. The number of carboxylic acid groups (broad SMARTS) is 1. The van der Waals surface area contributed by atoms with E-state index in [0.717, 1.165) is 51.9 Å². The van der Waals surface area contributed by atoms with Crippen molar-refractivity contribution < 1.29 is 14.6 Å². The number of rotatable bonds is 7. The summed E-state index contributed by atoms with van der Waals surface area (Å²) >= 11 is 0. The first kappa shape index (κ1) is 23.6. The molecule has 2 aliphatic rings. The van der Waals surface area contributed by atoms with E-state index in [1.165, 1.54) is 22.4 Å². The summed E-state index contributed by atoms with van der Waals surface area (Å²) in [4.78, 5) is 13.5. The Bertz CT molecular complexity index is 860. The average molecular weight is 445 g/mol. The predicted octanol–water partition coefficient (Wildman–Crippen LogP) is 4.56. The molecule has 168 valence electrons. The van der Waals surface area contributed by atoms with Crippen LogP contribution in [-0.4, -0.2) is 48.8 Å². The Hall–Kier alpha value is -2.08. The molecule has 0 aromatic heterocycles. The van der Waals surface area contributed by atoms with Gasteiger partial charge in [0.1, 0.15) is 0 Å². The van der Waals surface area contributed by atoms with Crippen LogP contribution in [0.3, 0.4) is 0 Å². The molecule has 2 atom stereocenters. The number of nitrogens with one attached hydrogen (secondary N) is 1. The van der Waals surface area contributed by atoms with E-state index in [9.17, 15) is 9.90 Å². The highest BCUT2D eigenvalue weighted by Crippen LogP contribution is 2.33. The molecule has 1 unspecified atom stereocenters. The molecule has 4 rings (SSSR count).